The Hall–Kier alpha value is -1.51. The fourth-order valence-electron chi connectivity index (χ4n) is 3.00. The van der Waals surface area contributed by atoms with Crippen LogP contribution in [0, 0.1) is 0 Å². The van der Waals surface area contributed by atoms with E-state index < -0.39 is 0 Å². The predicted octanol–water partition coefficient (Wildman–Crippen LogP) is -0.340. The van der Waals surface area contributed by atoms with Crippen LogP contribution in [-0.4, -0.2) is 77.0 Å². The average molecular weight is 309 g/mol. The van der Waals surface area contributed by atoms with Gasteiger partial charge in [-0.15, -0.1) is 10.2 Å². The van der Waals surface area contributed by atoms with Crippen molar-refractivity contribution < 1.29 is 14.3 Å². The zero-order chi connectivity index (χ0) is 15.5. The lowest BCUT2D eigenvalue weighted by Gasteiger charge is -2.33. The van der Waals surface area contributed by atoms with E-state index in [9.17, 15) is 4.79 Å². The van der Waals surface area contributed by atoms with Gasteiger partial charge < -0.3 is 14.4 Å². The Balaban J connectivity index is 1.74. The lowest BCUT2D eigenvalue weighted by atomic mass is 10.2. The molecular formula is C14H23N5O3. The molecule has 1 aromatic rings. The summed E-state index contributed by atoms with van der Waals surface area (Å²) in [5.41, 5.74) is 0. The van der Waals surface area contributed by atoms with Gasteiger partial charge in [0.1, 0.15) is 11.9 Å². The molecule has 1 saturated heterocycles. The number of rotatable bonds is 5. The van der Waals surface area contributed by atoms with E-state index in [0.717, 1.165) is 38.0 Å². The molecular weight excluding hydrogens is 286 g/mol. The number of nitrogens with zero attached hydrogens (tertiary/aromatic N) is 5. The first-order chi connectivity index (χ1) is 10.7. The zero-order valence-electron chi connectivity index (χ0n) is 13.2. The van der Waals surface area contributed by atoms with Crippen LogP contribution in [0.1, 0.15) is 24.6 Å². The molecule has 8 nitrogen and oxygen atoms in total. The molecule has 122 valence electrons. The molecule has 1 aromatic heterocycles. The summed E-state index contributed by atoms with van der Waals surface area (Å²) in [6.45, 7) is 7.54. The number of hydrogen-bond acceptors (Lipinski definition) is 6. The minimum Gasteiger partial charge on any atom is -0.383 e. The number of aromatic nitrogens is 3. The molecule has 0 spiro atoms. The van der Waals surface area contributed by atoms with Gasteiger partial charge in [-0.25, -0.2) is 0 Å². The molecule has 1 fully saturated rings. The number of amides is 1. The molecule has 0 radical (unpaired) electrons. The van der Waals surface area contributed by atoms with Crippen LogP contribution < -0.4 is 0 Å². The molecule has 3 heterocycles. The largest absolute Gasteiger partial charge is 0.383 e. The third kappa shape index (κ3) is 2.99. The second-order valence-corrected chi connectivity index (χ2v) is 5.72. The molecule has 0 aliphatic carbocycles. The van der Waals surface area contributed by atoms with Crippen molar-refractivity contribution in [2.75, 3.05) is 46.6 Å². The minimum absolute atomic E-state index is 0.104. The van der Waals surface area contributed by atoms with Crippen LogP contribution in [0.2, 0.25) is 0 Å². The van der Waals surface area contributed by atoms with Crippen molar-refractivity contribution in [3.63, 3.8) is 0 Å². The second kappa shape index (κ2) is 6.72. The third-order valence-electron chi connectivity index (χ3n) is 4.26. The molecule has 2 aliphatic rings. The second-order valence-electron chi connectivity index (χ2n) is 5.72. The van der Waals surface area contributed by atoms with Gasteiger partial charge in [0.05, 0.1) is 32.9 Å². The highest BCUT2D eigenvalue weighted by atomic mass is 16.5. The fraction of sp³-hybridized carbons (Fsp3) is 0.786. The first kappa shape index (κ1) is 15.4. The van der Waals surface area contributed by atoms with Crippen molar-refractivity contribution >= 4 is 5.91 Å². The number of carbonyl (C=O) groups excluding carboxylic acids is 1. The Bertz CT molecular complexity index is 527. The molecule has 1 amide bonds. The molecule has 0 bridgehead atoms. The Labute approximate surface area is 130 Å². The number of fused-ring (bicyclic) bond motifs is 1. The lowest BCUT2D eigenvalue weighted by molar-refractivity contribution is -0.137. The van der Waals surface area contributed by atoms with Gasteiger partial charge in [-0.3, -0.25) is 14.3 Å². The Morgan fingerprint density at radius 3 is 2.82 bits per heavy atom. The van der Waals surface area contributed by atoms with Crippen LogP contribution in [-0.2, 0) is 27.4 Å². The minimum atomic E-state index is -0.258. The Kier molecular flexibility index (Phi) is 4.70. The summed E-state index contributed by atoms with van der Waals surface area (Å²) >= 11 is 0. The Morgan fingerprint density at radius 2 is 2.09 bits per heavy atom. The van der Waals surface area contributed by atoms with Crippen molar-refractivity contribution in [1.29, 1.82) is 0 Å². The highest BCUT2D eigenvalue weighted by molar-refractivity contribution is 5.81. The van der Waals surface area contributed by atoms with E-state index in [1.807, 2.05) is 11.5 Å². The van der Waals surface area contributed by atoms with Crippen LogP contribution in [0.5, 0.6) is 0 Å². The van der Waals surface area contributed by atoms with E-state index in [1.54, 1.807) is 12.0 Å². The maximum absolute atomic E-state index is 12.5. The van der Waals surface area contributed by atoms with Crippen molar-refractivity contribution in [2.24, 2.45) is 0 Å². The number of ether oxygens (including phenoxy) is 2. The van der Waals surface area contributed by atoms with Crippen molar-refractivity contribution in [3.05, 3.63) is 11.6 Å². The first-order valence-corrected chi connectivity index (χ1v) is 7.71. The quantitative estimate of drug-likeness (QED) is 0.741. The topological polar surface area (TPSA) is 72.7 Å². The SMILES string of the molecule is COCCN1Cc2nnc(CN3CCOCC3)n2[C@@H](C)C1=O. The van der Waals surface area contributed by atoms with Gasteiger partial charge in [-0.1, -0.05) is 0 Å². The summed E-state index contributed by atoms with van der Waals surface area (Å²) in [4.78, 5) is 16.6. The standard InChI is InChI=1S/C14H23N5O3/c1-11-14(20)18(5-6-21-2)10-13-16-15-12(19(11)13)9-17-3-7-22-8-4-17/h11H,3-10H2,1-2H3/t11-/m0/s1. The molecule has 1 atom stereocenters. The summed E-state index contributed by atoms with van der Waals surface area (Å²) in [5, 5.41) is 8.60. The van der Waals surface area contributed by atoms with E-state index in [4.69, 9.17) is 9.47 Å². The van der Waals surface area contributed by atoms with E-state index >= 15 is 0 Å². The summed E-state index contributed by atoms with van der Waals surface area (Å²) < 4.78 is 12.4. The maximum Gasteiger partial charge on any atom is 0.245 e. The van der Waals surface area contributed by atoms with Gasteiger partial charge in [0, 0.05) is 26.7 Å². The van der Waals surface area contributed by atoms with Gasteiger partial charge in [-0.2, -0.15) is 0 Å². The van der Waals surface area contributed by atoms with Crippen LogP contribution in [0.15, 0.2) is 0 Å². The molecule has 0 unspecified atom stereocenters. The van der Waals surface area contributed by atoms with E-state index in [1.165, 1.54) is 0 Å². The predicted molar refractivity (Wildman–Crippen MR) is 78.1 cm³/mol. The van der Waals surface area contributed by atoms with Crippen molar-refractivity contribution in [3.8, 4) is 0 Å². The fourth-order valence-corrected chi connectivity index (χ4v) is 3.00. The van der Waals surface area contributed by atoms with Crippen LogP contribution in [0.4, 0.5) is 0 Å². The van der Waals surface area contributed by atoms with Crippen LogP contribution in [0.25, 0.3) is 0 Å². The molecule has 0 saturated carbocycles. The van der Waals surface area contributed by atoms with Gasteiger partial charge in [0.2, 0.25) is 5.91 Å². The van der Waals surface area contributed by atoms with E-state index in [-0.39, 0.29) is 11.9 Å². The highest BCUT2D eigenvalue weighted by Crippen LogP contribution is 2.23. The van der Waals surface area contributed by atoms with Gasteiger partial charge >= 0.3 is 0 Å². The number of morpholine rings is 1. The van der Waals surface area contributed by atoms with Crippen molar-refractivity contribution in [2.45, 2.75) is 26.1 Å². The molecule has 3 rings (SSSR count). The van der Waals surface area contributed by atoms with Gasteiger partial charge in [0.25, 0.3) is 0 Å². The molecule has 2 aliphatic heterocycles. The van der Waals surface area contributed by atoms with Crippen LogP contribution in [0.3, 0.4) is 0 Å². The smallest absolute Gasteiger partial charge is 0.245 e. The summed E-state index contributed by atoms with van der Waals surface area (Å²) in [6, 6.07) is -0.258. The number of carbonyl (C=O) groups is 1. The maximum atomic E-state index is 12.5. The summed E-state index contributed by atoms with van der Waals surface area (Å²) in [6.07, 6.45) is 0. The number of methoxy groups -OCH3 is 1. The molecule has 22 heavy (non-hydrogen) atoms. The monoisotopic (exact) mass is 309 g/mol. The van der Waals surface area contributed by atoms with Gasteiger partial charge in [-0.05, 0) is 6.92 Å². The average Bonchev–Trinajstić information content (AvgIpc) is 2.93. The third-order valence-corrected chi connectivity index (χ3v) is 4.26. The zero-order valence-corrected chi connectivity index (χ0v) is 13.2. The van der Waals surface area contributed by atoms with E-state index in [2.05, 4.69) is 15.1 Å². The van der Waals surface area contributed by atoms with Crippen molar-refractivity contribution in [1.82, 2.24) is 24.6 Å². The highest BCUT2D eigenvalue weighted by Gasteiger charge is 2.33. The summed E-state index contributed by atoms with van der Waals surface area (Å²) in [5.74, 6) is 1.82. The lowest BCUT2D eigenvalue weighted by Crippen LogP contribution is -2.44. The molecule has 8 heteroatoms. The molecule has 0 N–H and O–H groups in total. The first-order valence-electron chi connectivity index (χ1n) is 7.71. The number of hydrogen-bond donors (Lipinski definition) is 0. The van der Waals surface area contributed by atoms with E-state index in [0.29, 0.717) is 26.2 Å². The normalized spacial score (nSPS) is 22.9. The summed E-state index contributed by atoms with van der Waals surface area (Å²) in [7, 11) is 1.64. The van der Waals surface area contributed by atoms with Crippen LogP contribution >= 0.6 is 0 Å². The Morgan fingerprint density at radius 1 is 1.32 bits per heavy atom. The molecule has 0 aromatic carbocycles. The van der Waals surface area contributed by atoms with Gasteiger partial charge in [0.15, 0.2) is 5.82 Å².